The summed E-state index contributed by atoms with van der Waals surface area (Å²) >= 11 is 1.31. The van der Waals surface area contributed by atoms with Crippen LogP contribution in [0.15, 0.2) is 71.6 Å². The SMILES string of the molecule is CCOC(=O)C1(Cc2cccc(C)c2)Sc2ccccc2N(CC(CCc2ccc(OC)c(OC)c2)NC)C1=O. The molecule has 1 aliphatic rings. The minimum atomic E-state index is -1.42. The molecular formula is C32H38N2O5S. The number of likely N-dealkylation sites (N-methyl/N-ethyl adjacent to an activating group) is 1. The van der Waals surface area contributed by atoms with Crippen LogP contribution in [0.2, 0.25) is 0 Å². The maximum atomic E-state index is 14.4. The first-order valence-corrected chi connectivity index (χ1v) is 14.4. The smallest absolute Gasteiger partial charge is 0.332 e. The predicted molar refractivity (Wildman–Crippen MR) is 160 cm³/mol. The van der Waals surface area contributed by atoms with Crippen molar-refractivity contribution in [3.05, 3.63) is 83.4 Å². The van der Waals surface area contributed by atoms with Gasteiger partial charge in [-0.25, -0.2) is 4.79 Å². The second kappa shape index (κ2) is 13.2. The van der Waals surface area contributed by atoms with Crippen LogP contribution in [0.25, 0.3) is 0 Å². The number of rotatable bonds is 12. The molecule has 3 aromatic carbocycles. The molecule has 8 heteroatoms. The zero-order valence-corrected chi connectivity index (χ0v) is 24.7. The summed E-state index contributed by atoms with van der Waals surface area (Å²) < 4.78 is 15.0. The van der Waals surface area contributed by atoms with Crippen molar-refractivity contribution >= 4 is 29.3 Å². The highest BCUT2D eigenvalue weighted by Crippen LogP contribution is 2.48. The van der Waals surface area contributed by atoms with Gasteiger partial charge < -0.3 is 24.4 Å². The molecule has 0 radical (unpaired) electrons. The van der Waals surface area contributed by atoms with Gasteiger partial charge in [0.2, 0.25) is 4.75 Å². The van der Waals surface area contributed by atoms with E-state index >= 15 is 0 Å². The first-order chi connectivity index (χ1) is 19.3. The Kier molecular flexibility index (Phi) is 9.76. The first kappa shape index (κ1) is 29.5. The van der Waals surface area contributed by atoms with Gasteiger partial charge in [-0.3, -0.25) is 4.79 Å². The number of carbonyl (C=O) groups is 2. The third-order valence-electron chi connectivity index (χ3n) is 7.21. The number of anilines is 1. The number of nitrogens with one attached hydrogen (secondary N) is 1. The van der Waals surface area contributed by atoms with Crippen molar-refractivity contribution < 1.29 is 23.8 Å². The van der Waals surface area contributed by atoms with Gasteiger partial charge in [-0.2, -0.15) is 0 Å². The van der Waals surface area contributed by atoms with Gasteiger partial charge >= 0.3 is 5.97 Å². The highest BCUT2D eigenvalue weighted by molar-refractivity contribution is 8.02. The van der Waals surface area contributed by atoms with Crippen LogP contribution >= 0.6 is 11.8 Å². The van der Waals surface area contributed by atoms with E-state index in [1.165, 1.54) is 11.8 Å². The topological polar surface area (TPSA) is 77.1 Å². The van der Waals surface area contributed by atoms with Crippen LogP contribution in [-0.4, -0.2) is 57.1 Å². The van der Waals surface area contributed by atoms with Crippen LogP contribution in [0.4, 0.5) is 5.69 Å². The van der Waals surface area contributed by atoms with Crippen LogP contribution in [0.5, 0.6) is 11.5 Å². The highest BCUT2D eigenvalue weighted by Gasteiger charge is 2.54. The number of esters is 1. The van der Waals surface area contributed by atoms with Crippen molar-refractivity contribution in [2.75, 3.05) is 39.3 Å². The van der Waals surface area contributed by atoms with Gasteiger partial charge in [-0.1, -0.05) is 59.8 Å². The number of hydrogen-bond acceptors (Lipinski definition) is 7. The zero-order chi connectivity index (χ0) is 28.7. The molecule has 7 nitrogen and oxygen atoms in total. The Hall–Kier alpha value is -3.49. The van der Waals surface area contributed by atoms with E-state index in [0.29, 0.717) is 18.0 Å². The van der Waals surface area contributed by atoms with E-state index in [9.17, 15) is 9.59 Å². The predicted octanol–water partition coefficient (Wildman–Crippen LogP) is 5.22. The van der Waals surface area contributed by atoms with Crippen molar-refractivity contribution in [1.82, 2.24) is 5.32 Å². The van der Waals surface area contributed by atoms with Crippen molar-refractivity contribution in [2.24, 2.45) is 0 Å². The van der Waals surface area contributed by atoms with E-state index in [0.717, 1.165) is 40.1 Å². The fourth-order valence-electron chi connectivity index (χ4n) is 5.10. The third kappa shape index (κ3) is 6.29. The van der Waals surface area contributed by atoms with Crippen LogP contribution in [0.3, 0.4) is 0 Å². The van der Waals surface area contributed by atoms with E-state index in [-0.39, 0.29) is 25.0 Å². The first-order valence-electron chi connectivity index (χ1n) is 13.6. The molecule has 2 atom stereocenters. The largest absolute Gasteiger partial charge is 0.493 e. The lowest BCUT2D eigenvalue weighted by molar-refractivity contribution is -0.149. The molecule has 0 aromatic heterocycles. The van der Waals surface area contributed by atoms with Crippen molar-refractivity contribution in [3.63, 3.8) is 0 Å². The summed E-state index contributed by atoms with van der Waals surface area (Å²) in [5.41, 5.74) is 3.92. The molecule has 0 bridgehead atoms. The maximum Gasteiger partial charge on any atom is 0.332 e. The second-order valence-electron chi connectivity index (χ2n) is 9.91. The molecule has 1 amide bonds. The monoisotopic (exact) mass is 562 g/mol. The number of fused-ring (bicyclic) bond motifs is 1. The number of methoxy groups -OCH3 is 2. The van der Waals surface area contributed by atoms with E-state index in [2.05, 4.69) is 5.32 Å². The second-order valence-corrected chi connectivity index (χ2v) is 11.3. The van der Waals surface area contributed by atoms with Crippen molar-refractivity contribution in [1.29, 1.82) is 0 Å². The van der Waals surface area contributed by atoms with E-state index < -0.39 is 10.7 Å². The molecule has 0 saturated heterocycles. The molecule has 0 aliphatic carbocycles. The van der Waals surface area contributed by atoms with Gasteiger partial charge in [-0.15, -0.1) is 0 Å². The number of carbonyl (C=O) groups excluding carboxylic acids is 2. The molecule has 3 aromatic rings. The lowest BCUT2D eigenvalue weighted by Gasteiger charge is -2.41. The molecule has 1 aliphatic heterocycles. The number of ether oxygens (including phenoxy) is 3. The van der Waals surface area contributed by atoms with Crippen LogP contribution < -0.4 is 19.7 Å². The van der Waals surface area contributed by atoms with Gasteiger partial charge in [0.25, 0.3) is 5.91 Å². The zero-order valence-electron chi connectivity index (χ0n) is 23.9. The molecule has 40 heavy (non-hydrogen) atoms. The Morgan fingerprint density at radius 1 is 1.00 bits per heavy atom. The quantitative estimate of drug-likeness (QED) is 0.240. The number of hydrogen-bond donors (Lipinski definition) is 1. The molecular weight excluding hydrogens is 524 g/mol. The molecule has 4 rings (SSSR count). The van der Waals surface area contributed by atoms with Gasteiger partial charge in [0, 0.05) is 23.9 Å². The van der Waals surface area contributed by atoms with Gasteiger partial charge in [0.1, 0.15) is 0 Å². The Morgan fingerprint density at radius 3 is 2.48 bits per heavy atom. The van der Waals surface area contributed by atoms with Crippen LogP contribution in [0.1, 0.15) is 30.0 Å². The van der Waals surface area contributed by atoms with Crippen molar-refractivity contribution in [2.45, 2.75) is 48.8 Å². The van der Waals surface area contributed by atoms with Gasteiger partial charge in [-0.05, 0) is 69.1 Å². The summed E-state index contributed by atoms with van der Waals surface area (Å²) in [4.78, 5) is 30.7. The number of thioether (sulfide) groups is 1. The summed E-state index contributed by atoms with van der Waals surface area (Å²) in [7, 11) is 5.15. The summed E-state index contributed by atoms with van der Waals surface area (Å²) in [6.07, 6.45) is 1.80. The molecule has 0 spiro atoms. The number of benzene rings is 3. The molecule has 2 unspecified atom stereocenters. The number of nitrogens with zero attached hydrogens (tertiary/aromatic N) is 1. The minimum absolute atomic E-state index is 0.0212. The molecule has 1 N–H and O–H groups in total. The van der Waals surface area contributed by atoms with Crippen LogP contribution in [0, 0.1) is 6.92 Å². The number of para-hydroxylation sites is 1. The Labute approximate surface area is 241 Å². The lowest BCUT2D eigenvalue weighted by atomic mass is 9.94. The molecule has 0 saturated carbocycles. The summed E-state index contributed by atoms with van der Waals surface area (Å²) in [5.74, 6) is 0.627. The Bertz CT molecular complexity index is 1350. The fraction of sp³-hybridized carbons (Fsp3) is 0.375. The molecule has 1 heterocycles. The van der Waals surface area contributed by atoms with E-state index in [1.54, 1.807) is 26.0 Å². The molecule has 212 valence electrons. The van der Waals surface area contributed by atoms with Crippen molar-refractivity contribution in [3.8, 4) is 11.5 Å². The summed E-state index contributed by atoms with van der Waals surface area (Å²) in [6, 6.07) is 21.6. The molecule has 0 fully saturated rings. The highest BCUT2D eigenvalue weighted by atomic mass is 32.2. The van der Waals surface area contributed by atoms with E-state index in [4.69, 9.17) is 14.2 Å². The summed E-state index contributed by atoms with van der Waals surface area (Å²) in [6.45, 7) is 4.39. The summed E-state index contributed by atoms with van der Waals surface area (Å²) in [5, 5.41) is 3.39. The third-order valence-corrected chi connectivity index (χ3v) is 8.61. The fourth-order valence-corrected chi connectivity index (χ4v) is 6.48. The lowest BCUT2D eigenvalue weighted by Crippen LogP contribution is -2.58. The number of amides is 1. The van der Waals surface area contributed by atoms with Gasteiger partial charge in [0.15, 0.2) is 11.5 Å². The standard InChI is InChI=1S/C32H38N2O5S/c1-6-39-31(36)32(20-24-11-9-10-22(2)18-24)30(35)34(26-12-7-8-13-29(26)40-32)21-25(33-3)16-14-23-15-17-27(37-4)28(19-23)38-5/h7-13,15,17-19,25,33H,6,14,16,20-21H2,1-5H3. The van der Waals surface area contributed by atoms with E-state index in [1.807, 2.05) is 80.7 Å². The normalized spacial score (nSPS) is 17.2. The minimum Gasteiger partial charge on any atom is -0.493 e. The average Bonchev–Trinajstić information content (AvgIpc) is 2.96. The average molecular weight is 563 g/mol. The Balaban J connectivity index is 1.64. The number of aryl methyl sites for hydroxylation is 2. The van der Waals surface area contributed by atoms with Crippen LogP contribution in [-0.2, 0) is 27.2 Å². The maximum absolute atomic E-state index is 14.4. The Morgan fingerprint density at radius 2 is 1.77 bits per heavy atom. The van der Waals surface area contributed by atoms with Gasteiger partial charge in [0.05, 0.1) is 26.5 Å².